The molecule has 1 amide bonds. The van der Waals surface area contributed by atoms with Gasteiger partial charge in [-0.3, -0.25) is 14.9 Å². The van der Waals surface area contributed by atoms with Crippen LogP contribution >= 0.6 is 0 Å². The summed E-state index contributed by atoms with van der Waals surface area (Å²) < 4.78 is 5.26. The number of methoxy groups -OCH3 is 1. The van der Waals surface area contributed by atoms with Crippen molar-refractivity contribution in [3.63, 3.8) is 0 Å². The van der Waals surface area contributed by atoms with Gasteiger partial charge in [-0.05, 0) is 18.6 Å². The van der Waals surface area contributed by atoms with Gasteiger partial charge in [-0.25, -0.2) is 0 Å². The molecule has 1 aromatic carbocycles. The number of aryl methyl sites for hydroxylation is 1. The highest BCUT2D eigenvalue weighted by atomic mass is 16.6. The van der Waals surface area contributed by atoms with Crippen LogP contribution in [0.25, 0.3) is 0 Å². The second kappa shape index (κ2) is 5.98. The average molecular weight is 279 g/mol. The summed E-state index contributed by atoms with van der Waals surface area (Å²) in [5, 5.41) is 16.8. The van der Waals surface area contributed by atoms with Crippen LogP contribution in [-0.2, 0) is 4.74 Å². The summed E-state index contributed by atoms with van der Waals surface area (Å²) in [5.41, 5.74) is 0.888. The van der Waals surface area contributed by atoms with E-state index in [0.717, 1.165) is 0 Å². The highest BCUT2D eigenvalue weighted by Gasteiger charge is 2.28. The minimum absolute atomic E-state index is 0.0806. The third-order valence-electron chi connectivity index (χ3n) is 3.31. The quantitative estimate of drug-likeness (QED) is 0.622. The van der Waals surface area contributed by atoms with Crippen molar-refractivity contribution in [1.82, 2.24) is 10.6 Å². The summed E-state index contributed by atoms with van der Waals surface area (Å²) in [5.74, 6) is -0.326. The molecule has 1 fully saturated rings. The molecular weight excluding hydrogens is 262 g/mol. The largest absolute Gasteiger partial charge is 0.378 e. The number of nitro groups is 1. The molecule has 1 aliphatic rings. The highest BCUT2D eigenvalue weighted by molar-refractivity contribution is 5.95. The minimum atomic E-state index is -0.501. The number of non-ortho nitro benzene ring substituents is 1. The maximum absolute atomic E-state index is 12.2. The molecule has 1 aliphatic heterocycles. The molecule has 1 saturated heterocycles. The van der Waals surface area contributed by atoms with Gasteiger partial charge in [-0.15, -0.1) is 0 Å². The second-order valence-electron chi connectivity index (χ2n) is 4.83. The van der Waals surface area contributed by atoms with Crippen LogP contribution in [0.15, 0.2) is 18.2 Å². The van der Waals surface area contributed by atoms with Gasteiger partial charge in [-0.1, -0.05) is 0 Å². The van der Waals surface area contributed by atoms with E-state index in [1.165, 1.54) is 12.1 Å². The molecule has 0 bridgehead atoms. The fourth-order valence-electron chi connectivity index (χ4n) is 2.30. The molecule has 2 N–H and O–H groups in total. The topological polar surface area (TPSA) is 93.5 Å². The number of nitro benzene ring substituents is 1. The molecule has 1 heterocycles. The van der Waals surface area contributed by atoms with Gasteiger partial charge >= 0.3 is 0 Å². The maximum atomic E-state index is 12.2. The molecule has 0 aromatic heterocycles. The second-order valence-corrected chi connectivity index (χ2v) is 4.83. The average Bonchev–Trinajstić information content (AvgIpc) is 2.85. The Morgan fingerprint density at radius 2 is 2.20 bits per heavy atom. The van der Waals surface area contributed by atoms with Gasteiger partial charge in [0.25, 0.3) is 11.6 Å². The molecule has 0 spiro atoms. The number of hydrogen-bond acceptors (Lipinski definition) is 5. The molecule has 108 valence electrons. The fraction of sp³-hybridized carbons (Fsp3) is 0.462. The Morgan fingerprint density at radius 3 is 2.85 bits per heavy atom. The van der Waals surface area contributed by atoms with E-state index in [1.54, 1.807) is 20.1 Å². The molecule has 1 unspecified atom stereocenters. The normalized spacial score (nSPS) is 21.7. The first-order chi connectivity index (χ1) is 9.51. The van der Waals surface area contributed by atoms with E-state index in [9.17, 15) is 14.9 Å². The van der Waals surface area contributed by atoms with Crippen molar-refractivity contribution in [1.29, 1.82) is 0 Å². The number of carbonyl (C=O) groups is 1. The molecule has 0 aliphatic carbocycles. The van der Waals surface area contributed by atoms with Crippen molar-refractivity contribution in [3.8, 4) is 0 Å². The lowest BCUT2D eigenvalue weighted by molar-refractivity contribution is -0.384. The predicted octanol–water partition coefficient (Wildman–Crippen LogP) is 0.620. The molecule has 7 nitrogen and oxygen atoms in total. The zero-order chi connectivity index (χ0) is 14.7. The summed E-state index contributed by atoms with van der Waals surface area (Å²) in [6.45, 7) is 3.02. The van der Waals surface area contributed by atoms with E-state index in [0.29, 0.717) is 24.2 Å². The summed E-state index contributed by atoms with van der Waals surface area (Å²) in [7, 11) is 1.59. The zero-order valence-corrected chi connectivity index (χ0v) is 11.4. The van der Waals surface area contributed by atoms with Crippen LogP contribution in [-0.4, -0.2) is 43.2 Å². The number of nitrogens with one attached hydrogen (secondary N) is 2. The van der Waals surface area contributed by atoms with Gasteiger partial charge in [-0.2, -0.15) is 0 Å². The number of hydrogen-bond donors (Lipinski definition) is 2. The molecule has 2 rings (SSSR count). The minimum Gasteiger partial charge on any atom is -0.378 e. The fourth-order valence-corrected chi connectivity index (χ4v) is 2.30. The lowest BCUT2D eigenvalue weighted by atomic mass is 10.1. The van der Waals surface area contributed by atoms with Crippen molar-refractivity contribution in [3.05, 3.63) is 39.4 Å². The molecule has 2 atom stereocenters. The van der Waals surface area contributed by atoms with Crippen LogP contribution < -0.4 is 10.6 Å². The van der Waals surface area contributed by atoms with Crippen LogP contribution in [0.4, 0.5) is 5.69 Å². The van der Waals surface area contributed by atoms with Crippen LogP contribution in [0.3, 0.4) is 0 Å². The number of rotatable bonds is 4. The monoisotopic (exact) mass is 279 g/mol. The summed E-state index contributed by atoms with van der Waals surface area (Å²) in [6.07, 6.45) is -0.0845. The third-order valence-corrected chi connectivity index (χ3v) is 3.31. The number of ether oxygens (including phenoxy) is 1. The number of nitrogens with zero attached hydrogens (tertiary/aromatic N) is 1. The van der Waals surface area contributed by atoms with Crippen molar-refractivity contribution in [2.24, 2.45) is 0 Å². The van der Waals surface area contributed by atoms with Gasteiger partial charge in [0, 0.05) is 37.9 Å². The lowest BCUT2D eigenvalue weighted by Crippen LogP contribution is -2.43. The van der Waals surface area contributed by atoms with E-state index in [2.05, 4.69) is 10.6 Å². The molecule has 0 radical (unpaired) electrons. The van der Waals surface area contributed by atoms with Crippen LogP contribution in [0.2, 0.25) is 0 Å². The van der Waals surface area contributed by atoms with Crippen molar-refractivity contribution in [2.45, 2.75) is 19.1 Å². The number of benzene rings is 1. The van der Waals surface area contributed by atoms with E-state index >= 15 is 0 Å². The van der Waals surface area contributed by atoms with Crippen molar-refractivity contribution in [2.75, 3.05) is 20.2 Å². The van der Waals surface area contributed by atoms with E-state index in [1.807, 2.05) is 0 Å². The Labute approximate surface area is 116 Å². The van der Waals surface area contributed by atoms with E-state index in [-0.39, 0.29) is 23.7 Å². The zero-order valence-electron chi connectivity index (χ0n) is 11.4. The highest BCUT2D eigenvalue weighted by Crippen LogP contribution is 2.17. The Hall–Kier alpha value is -1.99. The first kappa shape index (κ1) is 14.4. The summed E-state index contributed by atoms with van der Waals surface area (Å²) >= 11 is 0. The van der Waals surface area contributed by atoms with Crippen molar-refractivity contribution >= 4 is 11.6 Å². The molecule has 7 heteroatoms. The Balaban J connectivity index is 2.15. The molecule has 20 heavy (non-hydrogen) atoms. The number of carbonyl (C=O) groups excluding carboxylic acids is 1. The predicted molar refractivity (Wildman–Crippen MR) is 72.8 cm³/mol. The lowest BCUT2D eigenvalue weighted by Gasteiger charge is -2.18. The smallest absolute Gasteiger partial charge is 0.270 e. The van der Waals surface area contributed by atoms with E-state index < -0.39 is 4.92 Å². The molecular formula is C13H17N3O4. The van der Waals surface area contributed by atoms with Gasteiger partial charge in [0.05, 0.1) is 17.1 Å². The van der Waals surface area contributed by atoms with Crippen LogP contribution in [0.5, 0.6) is 0 Å². The van der Waals surface area contributed by atoms with Gasteiger partial charge < -0.3 is 15.4 Å². The van der Waals surface area contributed by atoms with Crippen molar-refractivity contribution < 1.29 is 14.5 Å². The van der Waals surface area contributed by atoms with Gasteiger partial charge in [0.1, 0.15) is 0 Å². The maximum Gasteiger partial charge on any atom is 0.270 e. The third kappa shape index (κ3) is 3.12. The summed E-state index contributed by atoms with van der Waals surface area (Å²) in [4.78, 5) is 22.5. The molecule has 0 saturated carbocycles. The Bertz CT molecular complexity index is 532. The SMILES string of the molecule is CO[C@H]1CNCC1NC(=O)c1cc(C)cc([N+](=O)[O-])c1. The van der Waals surface area contributed by atoms with Gasteiger partial charge in [0.15, 0.2) is 0 Å². The first-order valence-electron chi connectivity index (χ1n) is 6.31. The van der Waals surface area contributed by atoms with Gasteiger partial charge in [0.2, 0.25) is 0 Å². The summed E-state index contributed by atoms with van der Waals surface area (Å²) in [6, 6.07) is 4.22. The van der Waals surface area contributed by atoms with Crippen LogP contribution in [0, 0.1) is 17.0 Å². The van der Waals surface area contributed by atoms with E-state index in [4.69, 9.17) is 4.74 Å². The Morgan fingerprint density at radius 1 is 1.45 bits per heavy atom. The molecule has 1 aromatic rings. The number of amides is 1. The van der Waals surface area contributed by atoms with Crippen LogP contribution in [0.1, 0.15) is 15.9 Å². The standard InChI is InChI=1S/C13H17N3O4/c1-8-3-9(5-10(4-8)16(18)19)13(17)15-11-6-14-7-12(11)20-2/h3-5,11-12,14H,6-7H2,1-2H3,(H,15,17)/t11?,12-/m0/s1. The first-order valence-corrected chi connectivity index (χ1v) is 6.31. The Kier molecular flexibility index (Phi) is 4.31.